The zero-order valence-electron chi connectivity index (χ0n) is 8.31. The number of carboxylic acid groups (broad SMARTS) is 1. The Kier molecular flexibility index (Phi) is 2.36. The second-order valence-corrected chi connectivity index (χ2v) is 3.99. The van der Waals surface area contributed by atoms with Crippen molar-refractivity contribution in [2.75, 3.05) is 11.9 Å². The van der Waals surface area contributed by atoms with E-state index >= 15 is 0 Å². The Balaban J connectivity index is 1.85. The monoisotopic (exact) mass is 206 g/mol. The third-order valence-electron chi connectivity index (χ3n) is 2.88. The molecule has 4 heteroatoms. The zero-order chi connectivity index (χ0) is 10.9. The number of nitrogens with one attached hydrogen (secondary N) is 1. The Morgan fingerprint density at radius 1 is 1.53 bits per heavy atom. The van der Waals surface area contributed by atoms with E-state index < -0.39 is 11.5 Å². The third kappa shape index (κ3) is 1.94. The highest BCUT2D eigenvalue weighted by molar-refractivity contribution is 5.83. The van der Waals surface area contributed by atoms with E-state index in [1.807, 2.05) is 30.3 Å². The van der Waals surface area contributed by atoms with E-state index in [4.69, 9.17) is 10.8 Å². The van der Waals surface area contributed by atoms with Crippen LogP contribution in [0.25, 0.3) is 0 Å². The lowest BCUT2D eigenvalue weighted by Crippen LogP contribution is -2.36. The molecule has 0 aromatic heterocycles. The van der Waals surface area contributed by atoms with Crippen LogP contribution in [-0.4, -0.2) is 23.2 Å². The van der Waals surface area contributed by atoms with Gasteiger partial charge in [-0.2, -0.15) is 0 Å². The van der Waals surface area contributed by atoms with Gasteiger partial charge in [0.1, 0.15) is 5.54 Å². The van der Waals surface area contributed by atoms with Gasteiger partial charge in [0.05, 0.1) is 0 Å². The second kappa shape index (κ2) is 3.55. The van der Waals surface area contributed by atoms with Crippen LogP contribution in [0.3, 0.4) is 0 Å². The highest BCUT2D eigenvalue weighted by Crippen LogP contribution is 2.41. The molecule has 1 saturated carbocycles. The van der Waals surface area contributed by atoms with E-state index in [-0.39, 0.29) is 5.92 Å². The summed E-state index contributed by atoms with van der Waals surface area (Å²) in [4.78, 5) is 10.8. The van der Waals surface area contributed by atoms with Crippen molar-refractivity contribution in [2.24, 2.45) is 11.7 Å². The number of rotatable bonds is 4. The van der Waals surface area contributed by atoms with Gasteiger partial charge in [-0.15, -0.1) is 0 Å². The topological polar surface area (TPSA) is 75.4 Å². The van der Waals surface area contributed by atoms with Gasteiger partial charge in [0.2, 0.25) is 0 Å². The molecule has 1 aromatic rings. The van der Waals surface area contributed by atoms with Gasteiger partial charge in [0.25, 0.3) is 0 Å². The fraction of sp³-hybridized carbons (Fsp3) is 0.364. The SMILES string of the molecule is N[C@@]1(C(=O)O)C[C@H]1CNc1ccccc1. The Hall–Kier alpha value is -1.55. The van der Waals surface area contributed by atoms with E-state index in [0.717, 1.165) is 5.69 Å². The molecule has 15 heavy (non-hydrogen) atoms. The molecule has 0 radical (unpaired) electrons. The summed E-state index contributed by atoms with van der Waals surface area (Å²) in [6, 6.07) is 9.69. The molecule has 4 N–H and O–H groups in total. The molecule has 0 bridgehead atoms. The van der Waals surface area contributed by atoms with E-state index in [0.29, 0.717) is 13.0 Å². The summed E-state index contributed by atoms with van der Waals surface area (Å²) in [6.45, 7) is 0.618. The molecule has 0 spiro atoms. The summed E-state index contributed by atoms with van der Waals surface area (Å²) >= 11 is 0. The molecule has 1 aliphatic carbocycles. The van der Waals surface area contributed by atoms with Gasteiger partial charge >= 0.3 is 5.97 Å². The van der Waals surface area contributed by atoms with Crippen molar-refractivity contribution in [3.63, 3.8) is 0 Å². The van der Waals surface area contributed by atoms with Crippen LogP contribution < -0.4 is 11.1 Å². The summed E-state index contributed by atoms with van der Waals surface area (Å²) in [5.41, 5.74) is 5.66. The summed E-state index contributed by atoms with van der Waals surface area (Å²) in [6.07, 6.45) is 0.558. The van der Waals surface area contributed by atoms with Crippen molar-refractivity contribution in [1.29, 1.82) is 0 Å². The molecule has 0 heterocycles. The fourth-order valence-corrected chi connectivity index (χ4v) is 1.66. The predicted octanol–water partition coefficient (Wildman–Crippen LogP) is 0.900. The highest BCUT2D eigenvalue weighted by Gasteiger charge is 2.57. The smallest absolute Gasteiger partial charge is 0.324 e. The molecular weight excluding hydrogens is 192 g/mol. The third-order valence-corrected chi connectivity index (χ3v) is 2.88. The van der Waals surface area contributed by atoms with Crippen molar-refractivity contribution < 1.29 is 9.90 Å². The summed E-state index contributed by atoms with van der Waals surface area (Å²) in [5, 5.41) is 12.0. The van der Waals surface area contributed by atoms with Crippen LogP contribution in [0.1, 0.15) is 6.42 Å². The molecule has 1 fully saturated rings. The Morgan fingerprint density at radius 3 is 2.73 bits per heavy atom. The average molecular weight is 206 g/mol. The number of aliphatic carboxylic acids is 1. The average Bonchev–Trinajstić information content (AvgIpc) is 2.90. The normalized spacial score (nSPS) is 28.5. The minimum absolute atomic E-state index is 0.0372. The van der Waals surface area contributed by atoms with E-state index in [1.54, 1.807) is 0 Å². The molecule has 0 unspecified atom stereocenters. The summed E-state index contributed by atoms with van der Waals surface area (Å²) in [5.74, 6) is -0.863. The molecule has 2 atom stereocenters. The minimum atomic E-state index is -0.998. The number of benzene rings is 1. The molecule has 0 saturated heterocycles. The first kappa shape index (κ1) is 9.98. The van der Waals surface area contributed by atoms with Crippen molar-refractivity contribution in [3.05, 3.63) is 30.3 Å². The van der Waals surface area contributed by atoms with E-state index in [9.17, 15) is 4.79 Å². The lowest BCUT2D eigenvalue weighted by Gasteiger charge is -2.07. The predicted molar refractivity (Wildman–Crippen MR) is 57.6 cm³/mol. The van der Waals surface area contributed by atoms with Crippen LogP contribution in [0, 0.1) is 5.92 Å². The Bertz CT molecular complexity index is 366. The van der Waals surface area contributed by atoms with Crippen molar-refractivity contribution in [3.8, 4) is 0 Å². The molecule has 2 rings (SSSR count). The quantitative estimate of drug-likeness (QED) is 0.684. The van der Waals surface area contributed by atoms with Crippen molar-refractivity contribution >= 4 is 11.7 Å². The van der Waals surface area contributed by atoms with Crippen molar-refractivity contribution in [2.45, 2.75) is 12.0 Å². The van der Waals surface area contributed by atoms with E-state index in [2.05, 4.69) is 5.32 Å². The van der Waals surface area contributed by atoms with Gasteiger partial charge < -0.3 is 16.2 Å². The number of para-hydroxylation sites is 1. The first-order valence-electron chi connectivity index (χ1n) is 4.94. The Morgan fingerprint density at radius 2 is 2.20 bits per heavy atom. The first-order chi connectivity index (χ1) is 7.13. The summed E-state index contributed by atoms with van der Waals surface area (Å²) in [7, 11) is 0. The Labute approximate surface area is 88.1 Å². The maximum atomic E-state index is 10.8. The van der Waals surface area contributed by atoms with Crippen LogP contribution in [-0.2, 0) is 4.79 Å². The maximum absolute atomic E-state index is 10.8. The highest BCUT2D eigenvalue weighted by atomic mass is 16.4. The molecule has 1 aromatic carbocycles. The molecule has 80 valence electrons. The zero-order valence-corrected chi connectivity index (χ0v) is 8.31. The number of carbonyl (C=O) groups is 1. The lowest BCUT2D eigenvalue weighted by molar-refractivity contribution is -0.140. The van der Waals surface area contributed by atoms with Crippen LogP contribution in [0.2, 0.25) is 0 Å². The van der Waals surface area contributed by atoms with Crippen LogP contribution >= 0.6 is 0 Å². The molecular formula is C11H14N2O2. The maximum Gasteiger partial charge on any atom is 0.324 e. The van der Waals surface area contributed by atoms with Gasteiger partial charge in [-0.05, 0) is 18.6 Å². The van der Waals surface area contributed by atoms with Crippen molar-refractivity contribution in [1.82, 2.24) is 0 Å². The van der Waals surface area contributed by atoms with Gasteiger partial charge in [0, 0.05) is 18.2 Å². The molecule has 1 aliphatic rings. The molecule has 4 nitrogen and oxygen atoms in total. The van der Waals surface area contributed by atoms with Crippen LogP contribution in [0.5, 0.6) is 0 Å². The van der Waals surface area contributed by atoms with Crippen LogP contribution in [0.4, 0.5) is 5.69 Å². The molecule has 0 amide bonds. The van der Waals surface area contributed by atoms with Gasteiger partial charge in [-0.3, -0.25) is 4.79 Å². The number of hydrogen-bond donors (Lipinski definition) is 3. The van der Waals surface area contributed by atoms with Gasteiger partial charge in [0.15, 0.2) is 0 Å². The fourth-order valence-electron chi connectivity index (χ4n) is 1.66. The number of anilines is 1. The minimum Gasteiger partial charge on any atom is -0.480 e. The van der Waals surface area contributed by atoms with Crippen LogP contribution in [0.15, 0.2) is 30.3 Å². The van der Waals surface area contributed by atoms with Gasteiger partial charge in [-0.1, -0.05) is 18.2 Å². The molecule has 0 aliphatic heterocycles. The largest absolute Gasteiger partial charge is 0.480 e. The number of carboxylic acids is 1. The number of nitrogens with two attached hydrogens (primary N) is 1. The number of hydrogen-bond acceptors (Lipinski definition) is 3. The summed E-state index contributed by atoms with van der Waals surface area (Å²) < 4.78 is 0. The van der Waals surface area contributed by atoms with Gasteiger partial charge in [-0.25, -0.2) is 0 Å². The van der Waals surface area contributed by atoms with E-state index in [1.165, 1.54) is 0 Å². The standard InChI is InChI=1S/C11H14N2O2/c12-11(10(14)15)6-8(11)7-13-9-4-2-1-3-5-9/h1-5,8,13H,6-7,12H2,(H,14,15)/t8-,11-/m0/s1. The lowest BCUT2D eigenvalue weighted by atomic mass is 10.2. The second-order valence-electron chi connectivity index (χ2n) is 3.99. The first-order valence-corrected chi connectivity index (χ1v) is 4.94.